The van der Waals surface area contributed by atoms with Crippen LogP contribution in [0.15, 0.2) is 42.5 Å². The monoisotopic (exact) mass is 335 g/mol. The molecular weight excluding hydrogens is 320 g/mol. The molecule has 3 rings (SSSR count). The summed E-state index contributed by atoms with van der Waals surface area (Å²) in [6.45, 7) is 0. The molecule has 3 unspecified atom stereocenters. The maximum atomic E-state index is 14.0. The van der Waals surface area contributed by atoms with Gasteiger partial charge in [-0.1, -0.05) is 12.1 Å². The van der Waals surface area contributed by atoms with Gasteiger partial charge in [-0.2, -0.15) is 0 Å². The molecule has 0 aliphatic carbocycles. The highest BCUT2D eigenvalue weighted by atomic mass is 32.2. The highest BCUT2D eigenvalue weighted by molar-refractivity contribution is 7.92. The molecule has 0 spiro atoms. The summed E-state index contributed by atoms with van der Waals surface area (Å²) < 4.78 is 39.9. The summed E-state index contributed by atoms with van der Waals surface area (Å²) in [6.07, 6.45) is 0. The highest BCUT2D eigenvalue weighted by Gasteiger charge is 2.39. The predicted molar refractivity (Wildman–Crippen MR) is 86.6 cm³/mol. The lowest BCUT2D eigenvalue weighted by Gasteiger charge is -2.33. The number of hydrogen-bond acceptors (Lipinski definition) is 3. The number of rotatable bonds is 2. The zero-order valence-corrected chi connectivity index (χ0v) is 12.9. The second-order valence-electron chi connectivity index (χ2n) is 5.37. The quantitative estimate of drug-likeness (QED) is 0.583. The van der Waals surface area contributed by atoms with E-state index in [0.717, 1.165) is 0 Å². The minimum Gasteiger partial charge on any atom is -0.615 e. The molecule has 0 amide bonds. The summed E-state index contributed by atoms with van der Waals surface area (Å²) in [6, 6.07) is 9.26. The van der Waals surface area contributed by atoms with Gasteiger partial charge in [0.15, 0.2) is 11.1 Å². The lowest BCUT2D eigenvalue weighted by Crippen LogP contribution is -2.45. The number of benzene rings is 2. The zero-order valence-electron chi connectivity index (χ0n) is 12.1. The number of amidine groups is 1. The highest BCUT2D eigenvalue weighted by Crippen LogP contribution is 2.33. The largest absolute Gasteiger partial charge is 0.615 e. The summed E-state index contributed by atoms with van der Waals surface area (Å²) >= 11 is -1.47. The Bertz CT molecular complexity index is 756. The maximum Gasteiger partial charge on any atom is 0.197 e. The normalized spacial score (nSPS) is 24.3. The summed E-state index contributed by atoms with van der Waals surface area (Å²) in [7, 11) is 0. The molecule has 7 heteroatoms. The van der Waals surface area contributed by atoms with Crippen molar-refractivity contribution in [3.05, 3.63) is 65.2 Å². The van der Waals surface area contributed by atoms with Gasteiger partial charge >= 0.3 is 0 Å². The van der Waals surface area contributed by atoms with E-state index in [9.17, 15) is 13.3 Å². The molecule has 1 heterocycles. The number of nitrogen functional groups attached to an aromatic ring is 1. The van der Waals surface area contributed by atoms with E-state index in [1.54, 1.807) is 6.07 Å². The summed E-state index contributed by atoms with van der Waals surface area (Å²) in [5.41, 5.74) is 6.81. The first-order valence-electron chi connectivity index (χ1n) is 6.98. The fourth-order valence-corrected chi connectivity index (χ4v) is 4.25. The first-order valence-corrected chi connectivity index (χ1v) is 8.36. The van der Waals surface area contributed by atoms with E-state index in [4.69, 9.17) is 11.1 Å². The van der Waals surface area contributed by atoms with Crippen LogP contribution < -0.4 is 11.1 Å². The van der Waals surface area contributed by atoms with Crippen LogP contribution in [0.25, 0.3) is 0 Å². The smallest absolute Gasteiger partial charge is 0.197 e. The van der Waals surface area contributed by atoms with Crippen molar-refractivity contribution in [2.75, 3.05) is 11.5 Å². The molecule has 23 heavy (non-hydrogen) atoms. The molecule has 0 radical (unpaired) electrons. The van der Waals surface area contributed by atoms with Crippen LogP contribution in [0.5, 0.6) is 0 Å². The van der Waals surface area contributed by atoms with Crippen LogP contribution in [-0.2, 0) is 11.2 Å². The van der Waals surface area contributed by atoms with E-state index >= 15 is 0 Å². The Morgan fingerprint density at radius 2 is 2.00 bits per heavy atom. The third kappa shape index (κ3) is 3.16. The molecule has 4 N–H and O–H groups in total. The van der Waals surface area contributed by atoms with Gasteiger partial charge in [-0.05, 0) is 41.5 Å². The number of halogens is 2. The second-order valence-corrected chi connectivity index (χ2v) is 6.94. The molecule has 2 aromatic rings. The van der Waals surface area contributed by atoms with Crippen LogP contribution in [0.1, 0.15) is 22.4 Å². The topological polar surface area (TPSA) is 85.0 Å². The van der Waals surface area contributed by atoms with Gasteiger partial charge in [-0.15, -0.1) is 0 Å². The van der Waals surface area contributed by atoms with Gasteiger partial charge in [-0.25, -0.2) is 8.78 Å². The lowest BCUT2D eigenvalue weighted by molar-refractivity contribution is 0.544. The fraction of sp³-hybridized carbons (Fsp3) is 0.188. The van der Waals surface area contributed by atoms with Crippen molar-refractivity contribution in [2.24, 2.45) is 0 Å². The Balaban J connectivity index is 1.88. The molecule has 1 saturated heterocycles. The Morgan fingerprint density at radius 3 is 2.70 bits per heavy atom. The van der Waals surface area contributed by atoms with E-state index in [-0.39, 0.29) is 17.2 Å². The molecule has 1 fully saturated rings. The zero-order chi connectivity index (χ0) is 16.6. The molecule has 0 saturated carbocycles. The Hall–Kier alpha value is -2.12. The first-order chi connectivity index (χ1) is 11.0. The van der Waals surface area contributed by atoms with Crippen molar-refractivity contribution in [1.82, 2.24) is 5.32 Å². The third-order valence-corrected chi connectivity index (χ3v) is 5.43. The van der Waals surface area contributed by atoms with Crippen LogP contribution in [0.2, 0.25) is 0 Å². The Kier molecular flexibility index (Phi) is 4.23. The molecule has 120 valence electrons. The number of anilines is 1. The third-order valence-electron chi connectivity index (χ3n) is 3.73. The Labute approximate surface area is 135 Å². The van der Waals surface area contributed by atoms with E-state index in [0.29, 0.717) is 11.3 Å². The molecule has 1 aliphatic rings. The van der Waals surface area contributed by atoms with Gasteiger partial charge in [0.2, 0.25) is 0 Å². The standard InChI is InChI=1S/C16H15F2N3OS/c17-10-3-1-2-9(6-10)15-16(20)21-14(8-23(15)22)12-7-11(19)4-5-13(12)18/h1-7,14-15H,8,19H2,(H2,20,21). The molecule has 2 aromatic carbocycles. The van der Waals surface area contributed by atoms with Crippen molar-refractivity contribution >= 4 is 22.7 Å². The van der Waals surface area contributed by atoms with Gasteiger partial charge in [-0.3, -0.25) is 5.41 Å². The minimum absolute atomic E-state index is 0.0213. The van der Waals surface area contributed by atoms with E-state index < -0.39 is 34.1 Å². The lowest BCUT2D eigenvalue weighted by atomic mass is 10.0. The van der Waals surface area contributed by atoms with Crippen molar-refractivity contribution in [3.8, 4) is 0 Å². The molecule has 0 bridgehead atoms. The number of hydrogen-bond donors (Lipinski definition) is 3. The van der Waals surface area contributed by atoms with Gasteiger partial charge in [0.05, 0.1) is 0 Å². The van der Waals surface area contributed by atoms with Gasteiger partial charge in [0, 0.05) is 16.8 Å². The van der Waals surface area contributed by atoms with Crippen molar-refractivity contribution in [1.29, 1.82) is 5.41 Å². The molecular formula is C16H15F2N3OS. The molecule has 4 nitrogen and oxygen atoms in total. The van der Waals surface area contributed by atoms with Crippen LogP contribution in [-0.4, -0.2) is 16.1 Å². The van der Waals surface area contributed by atoms with E-state index in [1.807, 2.05) is 0 Å². The van der Waals surface area contributed by atoms with Gasteiger partial charge in [0.25, 0.3) is 0 Å². The maximum absolute atomic E-state index is 14.0. The molecule has 3 atom stereocenters. The van der Waals surface area contributed by atoms with Crippen molar-refractivity contribution in [3.63, 3.8) is 0 Å². The molecule has 0 aromatic heterocycles. The number of nitrogens with two attached hydrogens (primary N) is 1. The predicted octanol–water partition coefficient (Wildman–Crippen LogP) is 2.66. The number of nitrogens with one attached hydrogen (secondary N) is 2. The SMILES string of the molecule is N=C1NC(c2cc(N)ccc2F)C[S+]([O-])C1c1cccc(F)c1. The van der Waals surface area contributed by atoms with Crippen LogP contribution in [0.3, 0.4) is 0 Å². The first kappa shape index (κ1) is 15.8. The van der Waals surface area contributed by atoms with Crippen molar-refractivity contribution < 1.29 is 13.3 Å². The summed E-state index contributed by atoms with van der Waals surface area (Å²) in [5.74, 6) is -0.821. The van der Waals surface area contributed by atoms with Gasteiger partial charge in [0.1, 0.15) is 23.4 Å². The van der Waals surface area contributed by atoms with Crippen molar-refractivity contribution in [2.45, 2.75) is 11.3 Å². The second kappa shape index (κ2) is 6.17. The fourth-order valence-electron chi connectivity index (χ4n) is 2.68. The molecule has 1 aliphatic heterocycles. The van der Waals surface area contributed by atoms with Gasteiger partial charge < -0.3 is 15.6 Å². The Morgan fingerprint density at radius 1 is 1.22 bits per heavy atom. The minimum atomic E-state index is -1.47. The van der Waals surface area contributed by atoms with Crippen LogP contribution in [0, 0.1) is 17.0 Å². The van der Waals surface area contributed by atoms with E-state index in [2.05, 4.69) is 5.32 Å². The average Bonchev–Trinajstić information content (AvgIpc) is 2.49. The average molecular weight is 335 g/mol. The summed E-state index contributed by atoms with van der Waals surface area (Å²) in [4.78, 5) is 0. The van der Waals surface area contributed by atoms with Crippen LogP contribution >= 0.6 is 0 Å². The van der Waals surface area contributed by atoms with E-state index in [1.165, 1.54) is 36.4 Å². The summed E-state index contributed by atoms with van der Waals surface area (Å²) in [5, 5.41) is 10.2. The van der Waals surface area contributed by atoms with Crippen LogP contribution in [0.4, 0.5) is 14.5 Å².